The smallest absolute Gasteiger partial charge is 0.00919 e. The quantitative estimate of drug-likeness (QED) is 0.0560. The summed E-state index contributed by atoms with van der Waals surface area (Å²) in [6.07, 6.45) is 35.4. The number of rotatable bonds is 32. The molecule has 3 aromatic carbocycles. The van der Waals surface area contributed by atoms with Crippen molar-refractivity contribution in [2.24, 2.45) is 11.8 Å². The lowest BCUT2D eigenvalue weighted by Gasteiger charge is -2.25. The topological polar surface area (TPSA) is 0 Å². The van der Waals surface area contributed by atoms with Crippen LogP contribution in [0.3, 0.4) is 0 Å². The predicted molar refractivity (Wildman–Crippen MR) is 242 cm³/mol. The highest BCUT2D eigenvalue weighted by Crippen LogP contribution is 2.37. The van der Waals surface area contributed by atoms with E-state index >= 15 is 0 Å². The maximum Gasteiger partial charge on any atom is 0.00919 e. The van der Waals surface area contributed by atoms with Crippen LogP contribution < -0.4 is 0 Å². The molecule has 0 spiro atoms. The molecule has 3 aromatic rings. The third-order valence-corrected chi connectivity index (χ3v) is 12.8. The molecule has 0 bridgehead atoms. The fourth-order valence-electron chi connectivity index (χ4n) is 8.53. The monoisotopic (exact) mass is 735 g/mol. The largest absolute Gasteiger partial charge is 0.0654 e. The Bertz CT molecular complexity index is 1200. The summed E-state index contributed by atoms with van der Waals surface area (Å²) in [7, 11) is 0. The van der Waals surface area contributed by atoms with Crippen molar-refractivity contribution in [3.05, 3.63) is 106 Å². The van der Waals surface area contributed by atoms with E-state index in [1.54, 1.807) is 0 Å². The van der Waals surface area contributed by atoms with Gasteiger partial charge in [-0.3, -0.25) is 0 Å². The molecule has 0 amide bonds. The summed E-state index contributed by atoms with van der Waals surface area (Å²) in [5.74, 6) is 2.28. The second-order valence-corrected chi connectivity index (χ2v) is 17.6. The maximum absolute atomic E-state index is 2.59. The van der Waals surface area contributed by atoms with Gasteiger partial charge in [-0.1, -0.05) is 243 Å². The zero-order valence-electron chi connectivity index (χ0n) is 36.6. The molecular weight excluding hydrogens is 649 g/mol. The lowest BCUT2D eigenvalue weighted by molar-refractivity contribution is 0.479. The standard InChI is InChI=1S/C54H86/c1-7-11-13-15-17-19-21-23-25-27-30-47-34-38-49(39-35-47)53(42-45(5)9-3)51-32-29-33-52(44-51)54(43-46(6)10-4)50-40-36-48(37-41-50)31-28-26-24-22-20-18-16-14-12-8-2/h29,32-41,44-46,53-54H,7-28,30-31,42-43H2,1-6H3. The van der Waals surface area contributed by atoms with Crippen LogP contribution in [-0.2, 0) is 12.8 Å². The first-order valence-electron chi connectivity index (χ1n) is 23.8. The van der Waals surface area contributed by atoms with Gasteiger partial charge in [-0.2, -0.15) is 0 Å². The summed E-state index contributed by atoms with van der Waals surface area (Å²) < 4.78 is 0. The highest BCUT2D eigenvalue weighted by molar-refractivity contribution is 5.41. The minimum atomic E-state index is 0.443. The number of hydrogen-bond acceptors (Lipinski definition) is 0. The Kier molecular flexibility index (Phi) is 24.7. The van der Waals surface area contributed by atoms with Crippen molar-refractivity contribution in [3.63, 3.8) is 0 Å². The van der Waals surface area contributed by atoms with E-state index in [1.807, 2.05) is 0 Å². The summed E-state index contributed by atoms with van der Waals surface area (Å²) >= 11 is 0. The molecule has 0 nitrogen and oxygen atoms in total. The van der Waals surface area contributed by atoms with Gasteiger partial charge in [0.15, 0.2) is 0 Å². The third-order valence-electron chi connectivity index (χ3n) is 12.8. The maximum atomic E-state index is 2.59. The molecule has 0 saturated heterocycles. The number of unbranched alkanes of at least 4 members (excludes halogenated alkanes) is 18. The average Bonchev–Trinajstić information content (AvgIpc) is 3.20. The zero-order valence-corrected chi connectivity index (χ0v) is 36.6. The van der Waals surface area contributed by atoms with Gasteiger partial charge in [0.05, 0.1) is 0 Å². The molecule has 3 rings (SSSR count). The lowest BCUT2D eigenvalue weighted by Crippen LogP contribution is -2.10. The van der Waals surface area contributed by atoms with Crippen LogP contribution in [0.15, 0.2) is 72.8 Å². The van der Waals surface area contributed by atoms with Gasteiger partial charge in [0.2, 0.25) is 0 Å². The highest BCUT2D eigenvalue weighted by atomic mass is 14.3. The molecular formula is C54H86. The molecule has 0 radical (unpaired) electrons. The Hall–Kier alpha value is -2.34. The van der Waals surface area contributed by atoms with Crippen molar-refractivity contribution in [1.82, 2.24) is 0 Å². The van der Waals surface area contributed by atoms with Gasteiger partial charge in [-0.05, 0) is 83.7 Å². The van der Waals surface area contributed by atoms with Crippen LogP contribution in [-0.4, -0.2) is 0 Å². The van der Waals surface area contributed by atoms with E-state index in [0.29, 0.717) is 23.7 Å². The van der Waals surface area contributed by atoms with Gasteiger partial charge in [-0.15, -0.1) is 0 Å². The fourth-order valence-corrected chi connectivity index (χ4v) is 8.53. The molecule has 0 saturated carbocycles. The van der Waals surface area contributed by atoms with Gasteiger partial charge in [0.1, 0.15) is 0 Å². The molecule has 0 heteroatoms. The average molecular weight is 735 g/mol. The first-order chi connectivity index (χ1) is 26.5. The highest BCUT2D eigenvalue weighted by Gasteiger charge is 2.22. The Morgan fingerprint density at radius 3 is 0.981 bits per heavy atom. The van der Waals surface area contributed by atoms with Crippen molar-refractivity contribution < 1.29 is 0 Å². The van der Waals surface area contributed by atoms with Crippen LogP contribution in [0.25, 0.3) is 0 Å². The second-order valence-electron chi connectivity index (χ2n) is 17.6. The first kappa shape index (κ1) is 46.0. The van der Waals surface area contributed by atoms with Gasteiger partial charge in [0, 0.05) is 11.8 Å². The second kappa shape index (κ2) is 29.0. The van der Waals surface area contributed by atoms with Crippen LogP contribution in [0.5, 0.6) is 0 Å². The minimum absolute atomic E-state index is 0.443. The number of aryl methyl sites for hydroxylation is 2. The lowest BCUT2D eigenvalue weighted by atomic mass is 9.79. The van der Waals surface area contributed by atoms with E-state index in [-0.39, 0.29) is 0 Å². The van der Waals surface area contributed by atoms with Gasteiger partial charge in [0.25, 0.3) is 0 Å². The summed E-state index contributed by atoms with van der Waals surface area (Å²) in [4.78, 5) is 0. The normalized spacial score (nSPS) is 13.9. The molecule has 0 aliphatic heterocycles. The molecule has 0 N–H and O–H groups in total. The van der Waals surface area contributed by atoms with Crippen LogP contribution in [0, 0.1) is 11.8 Å². The number of hydrogen-bond donors (Lipinski definition) is 0. The van der Waals surface area contributed by atoms with Crippen LogP contribution in [0.4, 0.5) is 0 Å². The SMILES string of the molecule is CCCCCCCCCCCCc1ccc(C(CC(C)CC)c2cccc(C(CC(C)CC)c3ccc(CCCCCCCCCCCC)cc3)c2)cc1. The molecule has 0 fully saturated rings. The Morgan fingerprint density at radius 1 is 0.352 bits per heavy atom. The van der Waals surface area contributed by atoms with Gasteiger partial charge >= 0.3 is 0 Å². The van der Waals surface area contributed by atoms with E-state index < -0.39 is 0 Å². The molecule has 54 heavy (non-hydrogen) atoms. The van der Waals surface area contributed by atoms with Crippen molar-refractivity contribution in [1.29, 1.82) is 0 Å². The fraction of sp³-hybridized carbons (Fsp3) is 0.667. The summed E-state index contributed by atoms with van der Waals surface area (Å²) in [6.45, 7) is 14.2. The molecule has 0 aromatic heterocycles. The van der Waals surface area contributed by atoms with E-state index in [9.17, 15) is 0 Å². The molecule has 4 atom stereocenters. The van der Waals surface area contributed by atoms with E-state index in [4.69, 9.17) is 0 Å². The third kappa shape index (κ3) is 18.5. The van der Waals surface area contributed by atoms with E-state index in [0.717, 1.165) is 0 Å². The predicted octanol–water partition coefficient (Wildman–Crippen LogP) is 17.7. The summed E-state index contributed by atoms with van der Waals surface area (Å²) in [5, 5.41) is 0. The van der Waals surface area contributed by atoms with Crippen molar-refractivity contribution in [3.8, 4) is 0 Å². The van der Waals surface area contributed by atoms with Crippen LogP contribution in [0.2, 0.25) is 0 Å². The Balaban J connectivity index is 1.62. The number of benzene rings is 3. The van der Waals surface area contributed by atoms with Crippen LogP contribution >= 0.6 is 0 Å². The Morgan fingerprint density at radius 2 is 0.667 bits per heavy atom. The molecule has 0 heterocycles. The summed E-state index contributed by atoms with van der Waals surface area (Å²) in [6, 6.07) is 29.4. The van der Waals surface area contributed by atoms with Crippen LogP contribution in [0.1, 0.15) is 241 Å². The molecule has 0 aliphatic carbocycles. The van der Waals surface area contributed by atoms with Gasteiger partial charge in [-0.25, -0.2) is 0 Å². The van der Waals surface area contributed by atoms with Crippen molar-refractivity contribution in [2.75, 3.05) is 0 Å². The first-order valence-corrected chi connectivity index (χ1v) is 23.8. The molecule has 0 aliphatic rings. The molecule has 4 unspecified atom stereocenters. The van der Waals surface area contributed by atoms with E-state index in [1.165, 1.54) is 200 Å². The van der Waals surface area contributed by atoms with Crippen molar-refractivity contribution in [2.45, 2.75) is 220 Å². The van der Waals surface area contributed by atoms with Crippen molar-refractivity contribution >= 4 is 0 Å². The van der Waals surface area contributed by atoms with Gasteiger partial charge < -0.3 is 0 Å². The molecule has 302 valence electrons. The minimum Gasteiger partial charge on any atom is -0.0654 e. The zero-order chi connectivity index (χ0) is 38.6. The summed E-state index contributed by atoms with van der Waals surface area (Å²) in [5.41, 5.74) is 9.02. The van der Waals surface area contributed by atoms with E-state index in [2.05, 4.69) is 114 Å². The Labute approximate surface area is 337 Å².